The van der Waals surface area contributed by atoms with Crippen LogP contribution < -0.4 is 10.6 Å². The monoisotopic (exact) mass is 405 g/mol. The molecule has 26 heavy (non-hydrogen) atoms. The van der Waals surface area contributed by atoms with E-state index in [4.69, 9.17) is 0 Å². The molecule has 1 aromatic heterocycles. The van der Waals surface area contributed by atoms with Crippen LogP contribution in [0.1, 0.15) is 24.1 Å². The van der Waals surface area contributed by atoms with E-state index in [-0.39, 0.29) is 24.2 Å². The fourth-order valence-electron chi connectivity index (χ4n) is 2.72. The highest BCUT2D eigenvalue weighted by atomic mass is 35.5. The predicted molar refractivity (Wildman–Crippen MR) is 97.2 cm³/mol. The molecule has 2 aromatic rings. The maximum atomic E-state index is 12.6. The van der Waals surface area contributed by atoms with E-state index in [1.807, 2.05) is 5.38 Å². The summed E-state index contributed by atoms with van der Waals surface area (Å²) in [4.78, 5) is 16.5. The zero-order valence-corrected chi connectivity index (χ0v) is 15.4. The molecule has 142 valence electrons. The van der Waals surface area contributed by atoms with E-state index in [0.717, 1.165) is 31.5 Å². The molecule has 0 bridgehead atoms. The van der Waals surface area contributed by atoms with Crippen molar-refractivity contribution in [1.82, 2.24) is 15.6 Å². The third-order valence-corrected chi connectivity index (χ3v) is 5.06. The first-order chi connectivity index (χ1) is 11.9. The quantitative estimate of drug-likeness (QED) is 0.812. The molecule has 0 radical (unpaired) electrons. The number of nitrogens with one attached hydrogen (secondary N) is 2. The van der Waals surface area contributed by atoms with Crippen molar-refractivity contribution < 1.29 is 18.0 Å². The van der Waals surface area contributed by atoms with Gasteiger partial charge in [-0.15, -0.1) is 23.7 Å². The molecule has 9 heteroatoms. The van der Waals surface area contributed by atoms with Gasteiger partial charge in [-0.3, -0.25) is 4.79 Å². The number of halogens is 4. The number of carbonyl (C=O) groups is 1. The zero-order valence-electron chi connectivity index (χ0n) is 13.8. The van der Waals surface area contributed by atoms with Crippen LogP contribution in [-0.4, -0.2) is 24.0 Å². The van der Waals surface area contributed by atoms with Crippen molar-refractivity contribution in [2.75, 3.05) is 13.1 Å². The maximum Gasteiger partial charge on any atom is 0.416 e. The van der Waals surface area contributed by atoms with Gasteiger partial charge < -0.3 is 10.6 Å². The summed E-state index contributed by atoms with van der Waals surface area (Å²) < 4.78 is 37.8. The fourth-order valence-corrected chi connectivity index (χ4v) is 3.55. The Morgan fingerprint density at radius 2 is 2.04 bits per heavy atom. The molecular formula is C17H19ClF3N3OS. The van der Waals surface area contributed by atoms with E-state index in [1.165, 1.54) is 23.5 Å². The second-order valence-electron chi connectivity index (χ2n) is 5.98. The summed E-state index contributed by atoms with van der Waals surface area (Å²) in [6.45, 7) is 1.97. The van der Waals surface area contributed by atoms with Gasteiger partial charge in [-0.2, -0.15) is 13.2 Å². The Hall–Kier alpha value is -1.64. The van der Waals surface area contributed by atoms with E-state index in [9.17, 15) is 18.0 Å². The summed E-state index contributed by atoms with van der Waals surface area (Å²) in [6.07, 6.45) is -2.47. The van der Waals surface area contributed by atoms with E-state index < -0.39 is 11.7 Å². The molecule has 0 spiro atoms. The number of amides is 1. The van der Waals surface area contributed by atoms with E-state index in [1.54, 1.807) is 0 Å². The number of carbonyl (C=O) groups excluding carboxylic acids is 1. The summed E-state index contributed by atoms with van der Waals surface area (Å²) in [5, 5.41) is 8.53. The van der Waals surface area contributed by atoms with Crippen LogP contribution in [0, 0.1) is 5.92 Å². The second-order valence-corrected chi connectivity index (χ2v) is 6.84. The SMILES string of the molecule is Cl.O=C(NCc1csc(-c2ccc(C(F)(F)F)cc2)n1)C1CCCNC1. The first-order valence-electron chi connectivity index (χ1n) is 8.04. The average Bonchev–Trinajstić information content (AvgIpc) is 3.09. The molecule has 1 fully saturated rings. The third kappa shape index (κ3) is 5.18. The molecular weight excluding hydrogens is 387 g/mol. The van der Waals surface area contributed by atoms with Gasteiger partial charge >= 0.3 is 6.18 Å². The van der Waals surface area contributed by atoms with Crippen molar-refractivity contribution in [2.45, 2.75) is 25.6 Å². The second kappa shape index (κ2) is 8.83. The van der Waals surface area contributed by atoms with Gasteiger partial charge in [0, 0.05) is 17.5 Å². The lowest BCUT2D eigenvalue weighted by Crippen LogP contribution is -2.40. The summed E-state index contributed by atoms with van der Waals surface area (Å²) >= 11 is 1.35. The molecule has 2 N–H and O–H groups in total. The summed E-state index contributed by atoms with van der Waals surface area (Å²) in [5.74, 6) is -0.00181. The van der Waals surface area contributed by atoms with Crippen LogP contribution in [0.4, 0.5) is 13.2 Å². The van der Waals surface area contributed by atoms with Gasteiger partial charge in [-0.1, -0.05) is 12.1 Å². The molecule has 1 unspecified atom stereocenters. The van der Waals surface area contributed by atoms with Crippen LogP contribution in [0.2, 0.25) is 0 Å². The van der Waals surface area contributed by atoms with Crippen LogP contribution in [0.15, 0.2) is 29.6 Å². The van der Waals surface area contributed by atoms with Crippen LogP contribution in [-0.2, 0) is 17.5 Å². The van der Waals surface area contributed by atoms with Gasteiger partial charge in [0.15, 0.2) is 0 Å². The van der Waals surface area contributed by atoms with Crippen LogP contribution in [0.25, 0.3) is 10.6 Å². The van der Waals surface area contributed by atoms with Crippen molar-refractivity contribution in [3.8, 4) is 10.6 Å². The maximum absolute atomic E-state index is 12.6. The zero-order chi connectivity index (χ0) is 17.9. The Labute approximate surface area is 159 Å². The number of rotatable bonds is 4. The minimum absolute atomic E-state index is 0. The van der Waals surface area contributed by atoms with E-state index in [2.05, 4.69) is 15.6 Å². The Bertz CT molecular complexity index is 728. The molecule has 0 saturated carbocycles. The number of aromatic nitrogens is 1. The highest BCUT2D eigenvalue weighted by Gasteiger charge is 2.30. The lowest BCUT2D eigenvalue weighted by Gasteiger charge is -2.21. The molecule has 4 nitrogen and oxygen atoms in total. The van der Waals surface area contributed by atoms with Crippen molar-refractivity contribution in [3.05, 3.63) is 40.9 Å². The molecule has 1 amide bonds. The van der Waals surface area contributed by atoms with Crippen LogP contribution in [0.5, 0.6) is 0 Å². The van der Waals surface area contributed by atoms with Gasteiger partial charge in [0.2, 0.25) is 5.91 Å². The summed E-state index contributed by atoms with van der Waals surface area (Å²) in [7, 11) is 0. The Kier molecular flexibility index (Phi) is 7.02. The minimum atomic E-state index is -4.34. The Morgan fingerprint density at radius 1 is 1.31 bits per heavy atom. The van der Waals surface area contributed by atoms with Crippen LogP contribution in [0.3, 0.4) is 0 Å². The molecule has 1 aliphatic heterocycles. The molecule has 0 aliphatic carbocycles. The molecule has 3 rings (SSSR count). The molecule has 1 aromatic carbocycles. The fraction of sp³-hybridized carbons (Fsp3) is 0.412. The lowest BCUT2D eigenvalue weighted by molar-refractivity contribution is -0.137. The lowest BCUT2D eigenvalue weighted by atomic mass is 9.99. The number of benzene rings is 1. The summed E-state index contributed by atoms with van der Waals surface area (Å²) in [6, 6.07) is 4.93. The molecule has 1 aliphatic rings. The highest BCUT2D eigenvalue weighted by molar-refractivity contribution is 7.13. The standard InChI is InChI=1S/C17H18F3N3OS.ClH/c18-17(19,20)13-5-3-11(4-6-13)16-23-14(10-25-16)9-22-15(24)12-2-1-7-21-8-12;/h3-6,10,12,21H,1-2,7-9H2,(H,22,24);1H. The van der Waals surface area contributed by atoms with Gasteiger partial charge in [0.05, 0.1) is 23.7 Å². The number of alkyl halides is 3. The smallest absolute Gasteiger partial charge is 0.350 e. The predicted octanol–water partition coefficient (Wildman–Crippen LogP) is 3.87. The van der Waals surface area contributed by atoms with Gasteiger partial charge in [0.1, 0.15) is 5.01 Å². The number of hydrogen-bond acceptors (Lipinski definition) is 4. The summed E-state index contributed by atoms with van der Waals surface area (Å²) in [5.41, 5.74) is 0.658. The van der Waals surface area contributed by atoms with Gasteiger partial charge in [-0.25, -0.2) is 4.98 Å². The highest BCUT2D eigenvalue weighted by Crippen LogP contribution is 2.31. The Balaban J connectivity index is 0.00000243. The number of hydrogen-bond donors (Lipinski definition) is 2. The van der Waals surface area contributed by atoms with Crippen molar-refractivity contribution in [1.29, 1.82) is 0 Å². The first-order valence-corrected chi connectivity index (χ1v) is 8.92. The van der Waals surface area contributed by atoms with Crippen molar-refractivity contribution >= 4 is 29.7 Å². The molecule has 1 saturated heterocycles. The third-order valence-electron chi connectivity index (χ3n) is 4.12. The average molecular weight is 406 g/mol. The Morgan fingerprint density at radius 3 is 2.65 bits per heavy atom. The largest absolute Gasteiger partial charge is 0.416 e. The van der Waals surface area contributed by atoms with E-state index in [0.29, 0.717) is 29.4 Å². The number of piperidine rings is 1. The normalized spacial score (nSPS) is 17.4. The first kappa shape index (κ1) is 20.7. The molecule has 2 heterocycles. The topological polar surface area (TPSA) is 54.0 Å². The van der Waals surface area contributed by atoms with E-state index >= 15 is 0 Å². The van der Waals surface area contributed by atoms with Crippen LogP contribution >= 0.6 is 23.7 Å². The minimum Gasteiger partial charge on any atom is -0.350 e. The van der Waals surface area contributed by atoms with Crippen molar-refractivity contribution in [3.63, 3.8) is 0 Å². The van der Waals surface area contributed by atoms with Gasteiger partial charge in [-0.05, 0) is 31.5 Å². The number of thiazole rings is 1. The van der Waals surface area contributed by atoms with Crippen molar-refractivity contribution in [2.24, 2.45) is 5.92 Å². The number of nitrogens with zero attached hydrogens (tertiary/aromatic N) is 1. The molecule has 1 atom stereocenters. The van der Waals surface area contributed by atoms with Gasteiger partial charge in [0.25, 0.3) is 0 Å².